The highest BCUT2D eigenvalue weighted by atomic mass is 16.4. The molecule has 0 aromatic carbocycles. The topological polar surface area (TPSA) is 86.7 Å². The molecule has 0 bridgehead atoms. The van der Waals surface area contributed by atoms with Gasteiger partial charge in [0.05, 0.1) is 0 Å². The fraction of sp³-hybridized carbons (Fsp3) is 0.615. The second kappa shape index (κ2) is 6.92. The summed E-state index contributed by atoms with van der Waals surface area (Å²) in [4.78, 5) is 34.8. The number of aliphatic carboxylic acids is 1. The maximum absolute atomic E-state index is 12.2. The molecule has 0 aliphatic heterocycles. The van der Waals surface area contributed by atoms with Crippen LogP contribution < -0.4 is 5.32 Å². The van der Waals surface area contributed by atoms with E-state index in [-0.39, 0.29) is 18.0 Å². The number of hydrogen-bond acceptors (Lipinski definition) is 3. The Balaban J connectivity index is 4.83. The Morgan fingerprint density at radius 1 is 1.37 bits per heavy atom. The summed E-state index contributed by atoms with van der Waals surface area (Å²) in [6.07, 6.45) is 1.96. The molecule has 0 spiro atoms. The summed E-state index contributed by atoms with van der Waals surface area (Å²) in [5.41, 5.74) is -0.243. The summed E-state index contributed by atoms with van der Waals surface area (Å²) in [7, 11) is 1.57. The van der Waals surface area contributed by atoms with Gasteiger partial charge in [-0.2, -0.15) is 0 Å². The molecule has 0 saturated heterocycles. The van der Waals surface area contributed by atoms with Crippen LogP contribution in [0.2, 0.25) is 0 Å². The van der Waals surface area contributed by atoms with Crippen molar-refractivity contribution in [2.24, 2.45) is 5.41 Å². The van der Waals surface area contributed by atoms with E-state index < -0.39 is 17.4 Å². The smallest absolute Gasteiger partial charge is 0.331 e. The Morgan fingerprint density at radius 3 is 2.26 bits per heavy atom. The van der Waals surface area contributed by atoms with E-state index in [1.165, 1.54) is 17.9 Å². The zero-order chi connectivity index (χ0) is 15.2. The molecular weight excluding hydrogens is 248 g/mol. The van der Waals surface area contributed by atoms with Gasteiger partial charge >= 0.3 is 5.97 Å². The third-order valence-corrected chi connectivity index (χ3v) is 2.73. The maximum atomic E-state index is 12.2. The molecule has 0 radical (unpaired) electrons. The quantitative estimate of drug-likeness (QED) is 0.547. The SMILES string of the molecule is CC(=CCN(C)C(=O)[C@H](NC=O)C(C)(C)C)C(=O)O. The molecule has 0 aromatic rings. The Labute approximate surface area is 113 Å². The molecule has 0 fully saturated rings. The van der Waals surface area contributed by atoms with Crippen molar-refractivity contribution in [3.8, 4) is 0 Å². The largest absolute Gasteiger partial charge is 0.478 e. The van der Waals surface area contributed by atoms with Crippen LogP contribution in [0.4, 0.5) is 0 Å². The first kappa shape index (κ1) is 17.2. The Bertz CT molecular complexity index is 383. The first-order valence-corrected chi connectivity index (χ1v) is 5.96. The summed E-state index contributed by atoms with van der Waals surface area (Å²) in [5, 5.41) is 11.2. The van der Waals surface area contributed by atoms with Crippen LogP contribution >= 0.6 is 0 Å². The lowest BCUT2D eigenvalue weighted by molar-refractivity contribution is -0.136. The second-order valence-corrected chi connectivity index (χ2v) is 5.49. The van der Waals surface area contributed by atoms with Gasteiger partial charge in [-0.05, 0) is 12.3 Å². The maximum Gasteiger partial charge on any atom is 0.331 e. The van der Waals surface area contributed by atoms with E-state index in [0.29, 0.717) is 6.41 Å². The van der Waals surface area contributed by atoms with E-state index in [1.807, 2.05) is 20.8 Å². The molecule has 2 amide bonds. The summed E-state index contributed by atoms with van der Waals surface area (Å²) < 4.78 is 0. The van der Waals surface area contributed by atoms with Crippen LogP contribution in [0.5, 0.6) is 0 Å². The number of nitrogens with one attached hydrogen (secondary N) is 1. The van der Waals surface area contributed by atoms with Gasteiger partial charge in [0.15, 0.2) is 0 Å². The van der Waals surface area contributed by atoms with Crippen molar-refractivity contribution in [3.05, 3.63) is 11.6 Å². The van der Waals surface area contributed by atoms with Gasteiger partial charge in [-0.1, -0.05) is 26.8 Å². The molecule has 0 saturated carbocycles. The summed E-state index contributed by atoms with van der Waals surface area (Å²) in [5.74, 6) is -1.27. The van der Waals surface area contributed by atoms with Gasteiger partial charge in [0.2, 0.25) is 12.3 Å². The monoisotopic (exact) mass is 270 g/mol. The molecule has 0 rings (SSSR count). The van der Waals surface area contributed by atoms with Gasteiger partial charge in [0, 0.05) is 19.2 Å². The molecule has 108 valence electrons. The van der Waals surface area contributed by atoms with Crippen LogP contribution in [-0.2, 0) is 14.4 Å². The molecule has 0 aliphatic carbocycles. The van der Waals surface area contributed by atoms with Crippen LogP contribution in [0, 0.1) is 5.41 Å². The molecule has 6 nitrogen and oxygen atoms in total. The second-order valence-electron chi connectivity index (χ2n) is 5.49. The average molecular weight is 270 g/mol. The lowest BCUT2D eigenvalue weighted by Crippen LogP contribution is -2.51. The van der Waals surface area contributed by atoms with Gasteiger partial charge in [0.25, 0.3) is 0 Å². The molecule has 19 heavy (non-hydrogen) atoms. The highest BCUT2D eigenvalue weighted by Crippen LogP contribution is 2.20. The van der Waals surface area contributed by atoms with Crippen molar-refractivity contribution in [1.29, 1.82) is 0 Å². The first-order chi connectivity index (χ1) is 8.61. The van der Waals surface area contributed by atoms with Crippen molar-refractivity contribution in [2.75, 3.05) is 13.6 Å². The van der Waals surface area contributed by atoms with Crippen molar-refractivity contribution in [2.45, 2.75) is 33.7 Å². The van der Waals surface area contributed by atoms with Crippen LogP contribution in [0.1, 0.15) is 27.7 Å². The molecule has 0 aromatic heterocycles. The summed E-state index contributed by atoms with van der Waals surface area (Å²) in [6, 6.07) is -0.645. The minimum atomic E-state index is -1.01. The van der Waals surface area contributed by atoms with Gasteiger partial charge in [-0.25, -0.2) is 4.79 Å². The lowest BCUT2D eigenvalue weighted by Gasteiger charge is -2.32. The predicted octanol–water partition coefficient (Wildman–Crippen LogP) is 0.636. The van der Waals surface area contributed by atoms with Gasteiger partial charge in [-0.15, -0.1) is 0 Å². The van der Waals surface area contributed by atoms with E-state index in [9.17, 15) is 14.4 Å². The lowest BCUT2D eigenvalue weighted by atomic mass is 9.86. The van der Waals surface area contributed by atoms with Crippen molar-refractivity contribution >= 4 is 18.3 Å². The van der Waals surface area contributed by atoms with E-state index in [4.69, 9.17) is 5.11 Å². The molecule has 0 aliphatic rings. The van der Waals surface area contributed by atoms with Crippen LogP contribution in [0.15, 0.2) is 11.6 Å². The Morgan fingerprint density at radius 2 is 1.89 bits per heavy atom. The van der Waals surface area contributed by atoms with E-state index in [2.05, 4.69) is 5.32 Å². The average Bonchev–Trinajstić information content (AvgIpc) is 2.29. The Hall–Kier alpha value is -1.85. The number of carboxylic acids is 1. The zero-order valence-corrected chi connectivity index (χ0v) is 12.1. The molecule has 1 atom stereocenters. The van der Waals surface area contributed by atoms with Crippen LogP contribution in [0.3, 0.4) is 0 Å². The normalized spacial score (nSPS) is 13.6. The zero-order valence-electron chi connectivity index (χ0n) is 12.1. The summed E-state index contributed by atoms with van der Waals surface area (Å²) in [6.45, 7) is 7.18. The highest BCUT2D eigenvalue weighted by molar-refractivity contribution is 5.86. The molecule has 6 heteroatoms. The number of hydrogen-bond donors (Lipinski definition) is 2. The van der Waals surface area contributed by atoms with Gasteiger partial charge in [0.1, 0.15) is 6.04 Å². The first-order valence-electron chi connectivity index (χ1n) is 5.96. The van der Waals surface area contributed by atoms with Crippen LogP contribution in [-0.4, -0.2) is 47.9 Å². The van der Waals surface area contributed by atoms with E-state index in [1.54, 1.807) is 7.05 Å². The molecule has 0 unspecified atom stereocenters. The number of carbonyl (C=O) groups is 3. The van der Waals surface area contributed by atoms with Crippen molar-refractivity contribution in [1.82, 2.24) is 10.2 Å². The van der Waals surface area contributed by atoms with E-state index in [0.717, 1.165) is 0 Å². The van der Waals surface area contributed by atoms with E-state index >= 15 is 0 Å². The van der Waals surface area contributed by atoms with Gasteiger partial charge in [-0.3, -0.25) is 9.59 Å². The van der Waals surface area contributed by atoms with Crippen LogP contribution in [0.25, 0.3) is 0 Å². The van der Waals surface area contributed by atoms with Crippen molar-refractivity contribution < 1.29 is 19.5 Å². The molecule has 2 N–H and O–H groups in total. The number of likely N-dealkylation sites (N-methyl/N-ethyl adjacent to an activating group) is 1. The number of amides is 2. The number of carbonyl (C=O) groups excluding carboxylic acids is 2. The fourth-order valence-corrected chi connectivity index (χ4v) is 1.43. The minimum absolute atomic E-state index is 0.176. The fourth-order valence-electron chi connectivity index (χ4n) is 1.43. The van der Waals surface area contributed by atoms with Gasteiger partial charge < -0.3 is 15.3 Å². The third kappa shape index (κ3) is 5.54. The molecular formula is C13H22N2O4. The number of carboxylic acid groups (broad SMARTS) is 1. The minimum Gasteiger partial charge on any atom is -0.478 e. The highest BCUT2D eigenvalue weighted by Gasteiger charge is 2.32. The standard InChI is InChI=1S/C13H22N2O4/c1-9(12(18)19)6-7-15(5)11(17)10(14-8-16)13(2,3)4/h6,8,10H,7H2,1-5H3,(H,14,16)(H,18,19)/t10-/m0/s1. The number of rotatable bonds is 6. The molecule has 0 heterocycles. The Kier molecular flexibility index (Phi) is 6.24. The van der Waals surface area contributed by atoms with Crippen molar-refractivity contribution in [3.63, 3.8) is 0 Å². The predicted molar refractivity (Wildman–Crippen MR) is 71.5 cm³/mol. The third-order valence-electron chi connectivity index (χ3n) is 2.73. The summed E-state index contributed by atoms with van der Waals surface area (Å²) >= 11 is 0. The number of nitrogens with zero attached hydrogens (tertiary/aromatic N) is 1.